The van der Waals surface area contributed by atoms with Gasteiger partial charge in [-0.2, -0.15) is 0 Å². The van der Waals surface area contributed by atoms with Gasteiger partial charge in [-0.05, 0) is 50.6 Å². The van der Waals surface area contributed by atoms with Gasteiger partial charge in [0.15, 0.2) is 0 Å². The van der Waals surface area contributed by atoms with E-state index >= 15 is 0 Å². The van der Waals surface area contributed by atoms with Crippen LogP contribution in [0.15, 0.2) is 73.3 Å². The van der Waals surface area contributed by atoms with Crippen LogP contribution < -0.4 is 15.0 Å². The molecule has 0 saturated heterocycles. The average Bonchev–Trinajstić information content (AvgIpc) is 2.78. The fraction of sp³-hybridized carbons (Fsp3) is 0.200. The fourth-order valence-electron chi connectivity index (χ4n) is 3.62. The predicted molar refractivity (Wildman–Crippen MR) is 128 cm³/mol. The summed E-state index contributed by atoms with van der Waals surface area (Å²) >= 11 is 0. The Balaban J connectivity index is 1.59. The maximum Gasteiger partial charge on any atom is 0.412 e. The number of anilines is 3. The molecule has 0 aliphatic carbocycles. The summed E-state index contributed by atoms with van der Waals surface area (Å²) < 4.78 is 6.14. The van der Waals surface area contributed by atoms with Crippen LogP contribution in [0.4, 0.5) is 22.1 Å². The minimum atomic E-state index is -0.999. The number of ether oxygens (including phenoxy) is 1. The van der Waals surface area contributed by atoms with E-state index in [1.165, 1.54) is 4.90 Å². The van der Waals surface area contributed by atoms with Gasteiger partial charge in [0, 0.05) is 34.9 Å². The van der Waals surface area contributed by atoms with Crippen molar-refractivity contribution in [2.75, 3.05) is 10.2 Å². The lowest BCUT2D eigenvalue weighted by Gasteiger charge is -2.34. The van der Waals surface area contributed by atoms with Gasteiger partial charge in [0.25, 0.3) is 0 Å². The number of hydrogen-bond acceptors (Lipinski definition) is 6. The summed E-state index contributed by atoms with van der Waals surface area (Å²) in [5.74, 6) is 1.92. The molecule has 0 aliphatic rings. The van der Waals surface area contributed by atoms with Crippen molar-refractivity contribution >= 4 is 34.2 Å². The Morgan fingerprint density at radius 2 is 1.76 bits per heavy atom. The van der Waals surface area contributed by atoms with Gasteiger partial charge >= 0.3 is 6.09 Å². The number of aromatic nitrogens is 3. The van der Waals surface area contributed by atoms with Crippen molar-refractivity contribution in [1.82, 2.24) is 15.0 Å². The molecule has 2 heterocycles. The van der Waals surface area contributed by atoms with E-state index in [-0.39, 0.29) is 0 Å². The normalized spacial score (nSPS) is 11.2. The van der Waals surface area contributed by atoms with E-state index in [2.05, 4.69) is 20.3 Å². The number of fused-ring (bicyclic) bond motifs is 1. The number of hydrogen-bond donors (Lipinski definition) is 2. The number of rotatable bonds is 6. The van der Waals surface area contributed by atoms with Gasteiger partial charge in [-0.3, -0.25) is 9.88 Å². The van der Waals surface area contributed by atoms with Gasteiger partial charge in [-0.1, -0.05) is 24.3 Å². The molecule has 0 fully saturated rings. The van der Waals surface area contributed by atoms with Crippen LogP contribution in [0.5, 0.6) is 5.75 Å². The largest absolute Gasteiger partial charge is 0.488 e. The molecule has 0 unspecified atom stereocenters. The van der Waals surface area contributed by atoms with Crippen molar-refractivity contribution in [1.29, 1.82) is 0 Å². The lowest BCUT2D eigenvalue weighted by Crippen LogP contribution is -2.45. The first kappa shape index (κ1) is 22.0. The van der Waals surface area contributed by atoms with Gasteiger partial charge < -0.3 is 15.2 Å². The summed E-state index contributed by atoms with van der Waals surface area (Å²) in [6.07, 6.45) is 5.54. The van der Waals surface area contributed by atoms with Crippen molar-refractivity contribution in [2.45, 2.75) is 32.9 Å². The second-order valence-corrected chi connectivity index (χ2v) is 8.47. The third kappa shape index (κ3) is 5.01. The smallest absolute Gasteiger partial charge is 0.412 e. The Hall–Kier alpha value is -4.20. The molecule has 0 radical (unpaired) electrons. The van der Waals surface area contributed by atoms with Crippen LogP contribution in [0.25, 0.3) is 10.8 Å². The van der Waals surface area contributed by atoms with E-state index in [9.17, 15) is 9.90 Å². The molecular weight excluding hydrogens is 418 g/mol. The van der Waals surface area contributed by atoms with E-state index in [0.717, 1.165) is 16.3 Å². The second-order valence-electron chi connectivity index (χ2n) is 8.47. The number of carbonyl (C=O) groups is 1. The topological polar surface area (TPSA) is 100 Å². The van der Waals surface area contributed by atoms with Crippen LogP contribution in [-0.4, -0.2) is 31.7 Å². The van der Waals surface area contributed by atoms with E-state index in [4.69, 9.17) is 4.74 Å². The molecule has 0 aliphatic heterocycles. The molecule has 2 N–H and O–H groups in total. The third-order valence-corrected chi connectivity index (χ3v) is 5.00. The fourth-order valence-corrected chi connectivity index (χ4v) is 3.62. The third-order valence-electron chi connectivity index (χ3n) is 5.00. The van der Waals surface area contributed by atoms with Gasteiger partial charge in [0.1, 0.15) is 24.0 Å². The molecule has 4 aromatic rings. The number of carboxylic acid groups (broad SMARTS) is 1. The monoisotopic (exact) mass is 443 g/mol. The number of nitrogens with one attached hydrogen (secondary N) is 1. The van der Waals surface area contributed by atoms with Crippen LogP contribution in [0.3, 0.4) is 0 Å². The molecule has 8 nitrogen and oxygen atoms in total. The summed E-state index contributed by atoms with van der Waals surface area (Å²) in [5, 5.41) is 14.6. The minimum Gasteiger partial charge on any atom is -0.488 e. The number of amides is 1. The Labute approximate surface area is 191 Å². The van der Waals surface area contributed by atoms with Gasteiger partial charge in [0.05, 0.1) is 11.9 Å². The molecule has 168 valence electrons. The van der Waals surface area contributed by atoms with Gasteiger partial charge in [-0.15, -0.1) is 0 Å². The summed E-state index contributed by atoms with van der Waals surface area (Å²) in [5.41, 5.74) is 0.948. The molecule has 0 bridgehead atoms. The summed E-state index contributed by atoms with van der Waals surface area (Å²) in [4.78, 5) is 25.9. The van der Waals surface area contributed by atoms with Crippen molar-refractivity contribution < 1.29 is 14.6 Å². The van der Waals surface area contributed by atoms with E-state index in [1.54, 1.807) is 30.9 Å². The maximum atomic E-state index is 12.0. The minimum absolute atomic E-state index is 0.322. The Morgan fingerprint density at radius 3 is 2.45 bits per heavy atom. The SMILES string of the molecule is CC(C)(C)N(C(=O)O)c1ccc(OCc2ccnc(Nc3cnccn3)c2)c2ccccc12. The highest BCUT2D eigenvalue weighted by atomic mass is 16.5. The lowest BCUT2D eigenvalue weighted by molar-refractivity contribution is 0.195. The second kappa shape index (κ2) is 9.12. The molecule has 2 aromatic heterocycles. The van der Waals surface area contributed by atoms with Crippen LogP contribution >= 0.6 is 0 Å². The van der Waals surface area contributed by atoms with E-state index in [1.807, 2.05) is 63.2 Å². The van der Waals surface area contributed by atoms with Gasteiger partial charge in [0.2, 0.25) is 0 Å². The van der Waals surface area contributed by atoms with Gasteiger partial charge in [-0.25, -0.2) is 14.8 Å². The first-order valence-electron chi connectivity index (χ1n) is 10.5. The lowest BCUT2D eigenvalue weighted by atomic mass is 10.0. The van der Waals surface area contributed by atoms with Crippen LogP contribution in [0.1, 0.15) is 26.3 Å². The number of nitrogens with zero attached hydrogens (tertiary/aromatic N) is 4. The zero-order valence-corrected chi connectivity index (χ0v) is 18.7. The summed E-state index contributed by atoms with van der Waals surface area (Å²) in [7, 11) is 0. The number of benzene rings is 2. The maximum absolute atomic E-state index is 12.0. The molecule has 8 heteroatoms. The van der Waals surface area contributed by atoms with Crippen LogP contribution in [-0.2, 0) is 6.61 Å². The Bertz CT molecular complexity index is 1270. The molecule has 0 spiro atoms. The Kier molecular flexibility index (Phi) is 6.08. The number of pyridine rings is 1. The molecule has 0 atom stereocenters. The van der Waals surface area contributed by atoms with Crippen molar-refractivity contribution in [3.05, 3.63) is 78.9 Å². The molecule has 2 aromatic carbocycles. The Morgan fingerprint density at radius 1 is 1.00 bits per heavy atom. The quantitative estimate of drug-likeness (QED) is 0.398. The van der Waals surface area contributed by atoms with E-state index < -0.39 is 11.6 Å². The highest BCUT2D eigenvalue weighted by molar-refractivity contribution is 6.04. The van der Waals surface area contributed by atoms with Crippen molar-refractivity contribution in [3.8, 4) is 5.75 Å². The first-order valence-corrected chi connectivity index (χ1v) is 10.5. The summed E-state index contributed by atoms with van der Waals surface area (Å²) in [6, 6.07) is 15.0. The van der Waals surface area contributed by atoms with Crippen molar-refractivity contribution in [2.24, 2.45) is 0 Å². The van der Waals surface area contributed by atoms with Crippen LogP contribution in [0, 0.1) is 0 Å². The van der Waals surface area contributed by atoms with E-state index in [0.29, 0.717) is 29.7 Å². The highest BCUT2D eigenvalue weighted by Gasteiger charge is 2.29. The molecule has 0 saturated carbocycles. The molecule has 33 heavy (non-hydrogen) atoms. The zero-order chi connectivity index (χ0) is 23.4. The highest BCUT2D eigenvalue weighted by Crippen LogP contribution is 2.37. The molecule has 1 amide bonds. The molecule has 4 rings (SSSR count). The summed E-state index contributed by atoms with van der Waals surface area (Å²) in [6.45, 7) is 5.94. The first-order chi connectivity index (χ1) is 15.8. The average molecular weight is 444 g/mol. The predicted octanol–water partition coefficient (Wildman–Crippen LogP) is 5.63. The zero-order valence-electron chi connectivity index (χ0n) is 18.7. The van der Waals surface area contributed by atoms with Crippen LogP contribution in [0.2, 0.25) is 0 Å². The molecular formula is C25H25N5O3. The standard InChI is InChI=1S/C25H25N5O3/c1-25(2,3)30(24(31)32)20-8-9-21(19-7-5-4-6-18(19)20)33-16-17-10-11-27-22(14-17)29-23-15-26-12-13-28-23/h4-15H,16H2,1-3H3,(H,31,32)(H,27,28,29). The van der Waals surface area contributed by atoms with Crippen molar-refractivity contribution in [3.63, 3.8) is 0 Å².